The fraction of sp³-hybridized carbons (Fsp3) is 0.267. The van der Waals surface area contributed by atoms with Crippen molar-refractivity contribution in [3.63, 3.8) is 0 Å². The van der Waals surface area contributed by atoms with Gasteiger partial charge in [0, 0.05) is 44.1 Å². The topological polar surface area (TPSA) is 162 Å². The van der Waals surface area contributed by atoms with Crippen molar-refractivity contribution in [1.29, 1.82) is 0 Å². The van der Waals surface area contributed by atoms with Crippen molar-refractivity contribution in [3.8, 4) is 40.1 Å². The van der Waals surface area contributed by atoms with E-state index in [1.165, 1.54) is 18.0 Å². The summed E-state index contributed by atoms with van der Waals surface area (Å²) in [6, 6.07) is 17.2. The number of nitrogens with zero attached hydrogens (tertiary/aromatic N) is 4. The molecular weight excluding hydrogens is 540 g/mol. The van der Waals surface area contributed by atoms with Crippen LogP contribution in [0.2, 0.25) is 0 Å². The number of anilines is 1. The van der Waals surface area contributed by atoms with E-state index >= 15 is 0 Å². The summed E-state index contributed by atoms with van der Waals surface area (Å²) in [4.78, 5) is 25.0. The van der Waals surface area contributed by atoms with Crippen LogP contribution in [0.4, 0.5) is 10.5 Å². The number of hydrogen-bond acceptors (Lipinski definition) is 8. The quantitative estimate of drug-likeness (QED) is 0.165. The molecule has 0 fully saturated rings. The van der Waals surface area contributed by atoms with E-state index in [0.29, 0.717) is 47.9 Å². The zero-order chi connectivity index (χ0) is 30.4. The van der Waals surface area contributed by atoms with E-state index in [1.807, 2.05) is 26.0 Å². The van der Waals surface area contributed by atoms with Crippen LogP contribution in [0.1, 0.15) is 42.9 Å². The van der Waals surface area contributed by atoms with Crippen molar-refractivity contribution < 1.29 is 29.6 Å². The fourth-order valence-electron chi connectivity index (χ4n) is 4.23. The molecule has 5 N–H and O–H groups in total. The number of ether oxygens (including phenoxy) is 1. The molecule has 12 nitrogen and oxygen atoms in total. The lowest BCUT2D eigenvalue weighted by Gasteiger charge is -2.15. The number of likely N-dealkylation sites (N-methyl/N-ethyl adjacent to an activating group) is 1. The van der Waals surface area contributed by atoms with Crippen LogP contribution in [0.25, 0.3) is 17.1 Å². The van der Waals surface area contributed by atoms with Crippen LogP contribution in [0.5, 0.6) is 23.0 Å². The number of carboxylic acid groups (broad SMARTS) is 1. The number of aromatic hydroxyl groups is 2. The maximum atomic E-state index is 12.9. The van der Waals surface area contributed by atoms with Gasteiger partial charge in [-0.05, 0) is 73.0 Å². The first kappa shape index (κ1) is 29.7. The van der Waals surface area contributed by atoms with Crippen molar-refractivity contribution in [2.75, 3.05) is 32.0 Å². The number of carbonyl (C=O) groups is 2. The third-order valence-corrected chi connectivity index (χ3v) is 6.50. The molecule has 0 saturated heterocycles. The smallest absolute Gasteiger partial charge is 0.407 e. The van der Waals surface area contributed by atoms with Gasteiger partial charge in [0.2, 0.25) is 5.82 Å². The molecule has 42 heavy (non-hydrogen) atoms. The average Bonchev–Trinajstić information content (AvgIpc) is 3.39. The summed E-state index contributed by atoms with van der Waals surface area (Å²) < 4.78 is 7.53. The van der Waals surface area contributed by atoms with Crippen molar-refractivity contribution in [2.24, 2.45) is 0 Å². The second kappa shape index (κ2) is 12.9. The molecule has 0 radical (unpaired) electrons. The Morgan fingerprint density at radius 1 is 0.976 bits per heavy atom. The Morgan fingerprint density at radius 2 is 1.62 bits per heavy atom. The van der Waals surface area contributed by atoms with Crippen LogP contribution in [0.3, 0.4) is 0 Å². The first-order valence-electron chi connectivity index (χ1n) is 13.4. The van der Waals surface area contributed by atoms with Gasteiger partial charge in [0.25, 0.3) is 5.91 Å². The summed E-state index contributed by atoms with van der Waals surface area (Å²) in [5.41, 5.74) is 2.33. The first-order valence-corrected chi connectivity index (χ1v) is 13.4. The van der Waals surface area contributed by atoms with Gasteiger partial charge in [-0.2, -0.15) is 0 Å². The maximum Gasteiger partial charge on any atom is 0.407 e. The molecule has 1 heterocycles. The number of carbonyl (C=O) groups excluding carboxylic acids is 1. The summed E-state index contributed by atoms with van der Waals surface area (Å²) in [6.45, 7) is 6.85. The van der Waals surface area contributed by atoms with Crippen LogP contribution >= 0.6 is 0 Å². The number of phenolic OH excluding ortho intramolecular Hbond substituents is 2. The molecule has 0 bridgehead atoms. The minimum absolute atomic E-state index is 0.0245. The molecule has 0 spiro atoms. The fourth-order valence-corrected chi connectivity index (χ4v) is 4.23. The van der Waals surface area contributed by atoms with Gasteiger partial charge < -0.3 is 35.6 Å². The third-order valence-electron chi connectivity index (χ3n) is 6.50. The second-order valence-corrected chi connectivity index (χ2v) is 9.88. The molecule has 0 aliphatic heterocycles. The Labute approximate surface area is 243 Å². The summed E-state index contributed by atoms with van der Waals surface area (Å²) in [5.74, 6) is 0.743. The zero-order valence-electron chi connectivity index (χ0n) is 23.8. The molecule has 1 aromatic heterocycles. The number of aromatic nitrogens is 3. The zero-order valence-corrected chi connectivity index (χ0v) is 23.8. The molecule has 0 aliphatic carbocycles. The van der Waals surface area contributed by atoms with E-state index in [-0.39, 0.29) is 29.1 Å². The Bertz CT molecular complexity index is 1550. The predicted molar refractivity (Wildman–Crippen MR) is 158 cm³/mol. The number of hydrogen-bond donors (Lipinski definition) is 5. The second-order valence-electron chi connectivity index (χ2n) is 9.88. The largest absolute Gasteiger partial charge is 0.508 e. The monoisotopic (exact) mass is 574 g/mol. The minimum atomic E-state index is -0.980. The number of nitrogens with one attached hydrogen (secondary N) is 2. The lowest BCUT2D eigenvalue weighted by atomic mass is 9.98. The highest BCUT2D eigenvalue weighted by atomic mass is 16.5. The van der Waals surface area contributed by atoms with E-state index in [0.717, 1.165) is 5.69 Å². The van der Waals surface area contributed by atoms with Gasteiger partial charge in [-0.1, -0.05) is 13.8 Å². The standard InChI is InChI=1S/C30H34N6O6/c1-5-31-29(39)28-34-33-27(24-16-23(18(2)3)25(37)17-26(24)38)36(28)20-8-12-22(13-9-20)42-21-10-6-19(7-11-21)32-14-15-35(4)30(40)41/h6-13,16-18,32,37-38H,5,14-15H2,1-4H3,(H,31,39)(H,40,41). The summed E-state index contributed by atoms with van der Waals surface area (Å²) in [7, 11) is 1.51. The number of phenols is 2. The highest BCUT2D eigenvalue weighted by Crippen LogP contribution is 2.38. The molecule has 0 aliphatic rings. The van der Waals surface area contributed by atoms with E-state index in [4.69, 9.17) is 9.84 Å². The molecule has 0 atom stereocenters. The lowest BCUT2D eigenvalue weighted by Crippen LogP contribution is -2.29. The van der Waals surface area contributed by atoms with Crippen LogP contribution in [0.15, 0.2) is 60.7 Å². The lowest BCUT2D eigenvalue weighted by molar-refractivity contribution is 0.0943. The minimum Gasteiger partial charge on any atom is -0.508 e. The summed E-state index contributed by atoms with van der Waals surface area (Å²) in [6.07, 6.45) is -0.980. The van der Waals surface area contributed by atoms with Gasteiger partial charge in [-0.3, -0.25) is 9.36 Å². The molecule has 0 unspecified atom stereocenters. The number of rotatable bonds is 11. The molecule has 0 saturated carbocycles. The molecule has 4 rings (SSSR count). The van der Waals surface area contributed by atoms with Crippen molar-refractivity contribution in [1.82, 2.24) is 25.0 Å². The third kappa shape index (κ3) is 6.72. The van der Waals surface area contributed by atoms with E-state index in [1.54, 1.807) is 54.0 Å². The Kier molecular flexibility index (Phi) is 9.15. The van der Waals surface area contributed by atoms with Gasteiger partial charge >= 0.3 is 6.09 Å². The van der Waals surface area contributed by atoms with E-state index in [9.17, 15) is 19.8 Å². The average molecular weight is 575 g/mol. The van der Waals surface area contributed by atoms with E-state index < -0.39 is 12.0 Å². The first-order chi connectivity index (χ1) is 20.1. The van der Waals surface area contributed by atoms with Crippen molar-refractivity contribution in [3.05, 3.63) is 72.1 Å². The molecule has 4 aromatic rings. The van der Waals surface area contributed by atoms with E-state index in [2.05, 4.69) is 20.8 Å². The van der Waals surface area contributed by atoms with Gasteiger partial charge in [0.15, 0.2) is 5.82 Å². The van der Waals surface area contributed by atoms with Crippen molar-refractivity contribution >= 4 is 17.7 Å². The number of benzene rings is 3. The molecule has 3 aromatic carbocycles. The molecule has 2 amide bonds. The van der Waals surface area contributed by atoms with Gasteiger partial charge in [-0.25, -0.2) is 4.79 Å². The normalized spacial score (nSPS) is 10.9. The van der Waals surface area contributed by atoms with Crippen LogP contribution in [-0.4, -0.2) is 73.7 Å². The highest BCUT2D eigenvalue weighted by molar-refractivity contribution is 5.92. The van der Waals surface area contributed by atoms with Gasteiger partial charge in [0.05, 0.1) is 5.56 Å². The van der Waals surface area contributed by atoms with Crippen molar-refractivity contribution in [2.45, 2.75) is 26.7 Å². The van der Waals surface area contributed by atoms with Gasteiger partial charge in [-0.15, -0.1) is 10.2 Å². The maximum absolute atomic E-state index is 12.9. The predicted octanol–water partition coefficient (Wildman–Crippen LogP) is 5.03. The van der Waals surface area contributed by atoms with Crippen LogP contribution in [-0.2, 0) is 0 Å². The summed E-state index contributed by atoms with van der Waals surface area (Å²) in [5, 5.41) is 44.2. The summed E-state index contributed by atoms with van der Waals surface area (Å²) >= 11 is 0. The van der Waals surface area contributed by atoms with Gasteiger partial charge in [0.1, 0.15) is 23.0 Å². The Morgan fingerprint density at radius 3 is 2.21 bits per heavy atom. The Balaban J connectivity index is 1.58. The number of amides is 2. The van der Waals surface area contributed by atoms with Crippen LogP contribution < -0.4 is 15.4 Å². The molecular formula is C30H34N6O6. The highest BCUT2D eigenvalue weighted by Gasteiger charge is 2.24. The Hall–Kier alpha value is -5.26. The molecule has 12 heteroatoms. The SMILES string of the molecule is CCNC(=O)c1nnc(-c2cc(C(C)C)c(O)cc2O)n1-c1ccc(Oc2ccc(NCCN(C)C(=O)O)cc2)cc1. The van der Waals surface area contributed by atoms with Crippen LogP contribution in [0, 0.1) is 0 Å². The molecule has 220 valence electrons.